The molecular weight excluding hydrogens is 190 g/mol. The topological polar surface area (TPSA) is 52.5 Å². The predicted molar refractivity (Wildman–Crippen MR) is 61.7 cm³/mol. The van der Waals surface area contributed by atoms with Crippen molar-refractivity contribution in [3.05, 3.63) is 0 Å². The SMILES string of the molecule is CCC(CCO)CNC1CCCCC1O. The summed E-state index contributed by atoms with van der Waals surface area (Å²) in [7, 11) is 0. The van der Waals surface area contributed by atoms with Gasteiger partial charge in [0.25, 0.3) is 0 Å². The molecule has 0 bridgehead atoms. The van der Waals surface area contributed by atoms with Gasteiger partial charge in [-0.1, -0.05) is 26.2 Å². The monoisotopic (exact) mass is 215 g/mol. The summed E-state index contributed by atoms with van der Waals surface area (Å²) in [5.74, 6) is 0.545. The van der Waals surface area contributed by atoms with E-state index in [9.17, 15) is 5.11 Å². The molecule has 3 unspecified atom stereocenters. The van der Waals surface area contributed by atoms with Gasteiger partial charge in [-0.15, -0.1) is 0 Å². The van der Waals surface area contributed by atoms with E-state index in [0.29, 0.717) is 5.92 Å². The average Bonchev–Trinajstić information content (AvgIpc) is 2.26. The van der Waals surface area contributed by atoms with Gasteiger partial charge in [-0.25, -0.2) is 0 Å². The molecule has 0 aromatic carbocycles. The maximum absolute atomic E-state index is 9.77. The molecule has 0 saturated heterocycles. The molecule has 15 heavy (non-hydrogen) atoms. The highest BCUT2D eigenvalue weighted by Crippen LogP contribution is 2.19. The van der Waals surface area contributed by atoms with Gasteiger partial charge < -0.3 is 15.5 Å². The van der Waals surface area contributed by atoms with Gasteiger partial charge in [0.05, 0.1) is 6.10 Å². The van der Waals surface area contributed by atoms with Gasteiger partial charge in [-0.3, -0.25) is 0 Å². The number of aliphatic hydroxyl groups excluding tert-OH is 2. The lowest BCUT2D eigenvalue weighted by Crippen LogP contribution is -2.44. The smallest absolute Gasteiger partial charge is 0.0693 e. The van der Waals surface area contributed by atoms with Crippen LogP contribution < -0.4 is 5.32 Å². The zero-order chi connectivity index (χ0) is 11.1. The highest BCUT2D eigenvalue weighted by Gasteiger charge is 2.22. The Hall–Kier alpha value is -0.120. The van der Waals surface area contributed by atoms with Crippen LogP contribution in [-0.2, 0) is 0 Å². The summed E-state index contributed by atoms with van der Waals surface area (Å²) in [4.78, 5) is 0. The van der Waals surface area contributed by atoms with Crippen molar-refractivity contribution in [3.8, 4) is 0 Å². The Morgan fingerprint density at radius 3 is 2.67 bits per heavy atom. The predicted octanol–water partition coefficient (Wildman–Crippen LogP) is 1.29. The molecule has 0 spiro atoms. The lowest BCUT2D eigenvalue weighted by molar-refractivity contribution is 0.0878. The molecule has 3 atom stereocenters. The molecule has 0 amide bonds. The van der Waals surface area contributed by atoms with Crippen molar-refractivity contribution in [3.63, 3.8) is 0 Å². The number of rotatable bonds is 6. The first-order valence-corrected chi connectivity index (χ1v) is 6.30. The van der Waals surface area contributed by atoms with E-state index in [2.05, 4.69) is 12.2 Å². The second-order valence-electron chi connectivity index (χ2n) is 4.65. The van der Waals surface area contributed by atoms with Crippen LogP contribution in [0.3, 0.4) is 0 Å². The van der Waals surface area contributed by atoms with Gasteiger partial charge in [0, 0.05) is 12.6 Å². The van der Waals surface area contributed by atoms with Crippen LogP contribution in [0, 0.1) is 5.92 Å². The second-order valence-corrected chi connectivity index (χ2v) is 4.65. The van der Waals surface area contributed by atoms with E-state index in [-0.39, 0.29) is 18.8 Å². The van der Waals surface area contributed by atoms with Crippen molar-refractivity contribution in [2.24, 2.45) is 5.92 Å². The zero-order valence-electron chi connectivity index (χ0n) is 9.78. The lowest BCUT2D eigenvalue weighted by Gasteiger charge is -2.30. The largest absolute Gasteiger partial charge is 0.396 e. The summed E-state index contributed by atoms with van der Waals surface area (Å²) in [5, 5.41) is 22.1. The van der Waals surface area contributed by atoms with E-state index in [4.69, 9.17) is 5.11 Å². The summed E-state index contributed by atoms with van der Waals surface area (Å²) in [5.41, 5.74) is 0. The number of hydrogen-bond donors (Lipinski definition) is 3. The maximum atomic E-state index is 9.77. The molecule has 1 aliphatic carbocycles. The first-order chi connectivity index (χ1) is 7.27. The molecule has 3 nitrogen and oxygen atoms in total. The standard InChI is InChI=1S/C12H25NO2/c1-2-10(7-8-14)9-13-11-5-3-4-6-12(11)15/h10-15H,2-9H2,1H3. The second kappa shape index (κ2) is 7.20. The number of hydrogen-bond acceptors (Lipinski definition) is 3. The van der Waals surface area contributed by atoms with Crippen LogP contribution in [0.5, 0.6) is 0 Å². The van der Waals surface area contributed by atoms with Gasteiger partial charge in [0.15, 0.2) is 0 Å². The molecule has 90 valence electrons. The Morgan fingerprint density at radius 1 is 1.33 bits per heavy atom. The van der Waals surface area contributed by atoms with E-state index < -0.39 is 0 Å². The van der Waals surface area contributed by atoms with Crippen LogP contribution in [-0.4, -0.2) is 35.5 Å². The molecule has 0 radical (unpaired) electrons. The van der Waals surface area contributed by atoms with Crippen molar-refractivity contribution in [1.29, 1.82) is 0 Å². The van der Waals surface area contributed by atoms with Crippen LogP contribution in [0.1, 0.15) is 45.4 Å². The lowest BCUT2D eigenvalue weighted by atomic mass is 9.92. The van der Waals surface area contributed by atoms with E-state index in [1.54, 1.807) is 0 Å². The van der Waals surface area contributed by atoms with Crippen molar-refractivity contribution in [2.45, 2.75) is 57.6 Å². The van der Waals surface area contributed by atoms with Crippen LogP contribution >= 0.6 is 0 Å². The third-order valence-corrected chi connectivity index (χ3v) is 3.51. The number of nitrogens with one attached hydrogen (secondary N) is 1. The Morgan fingerprint density at radius 2 is 2.07 bits per heavy atom. The van der Waals surface area contributed by atoms with E-state index in [1.165, 1.54) is 6.42 Å². The van der Waals surface area contributed by atoms with Crippen molar-refractivity contribution >= 4 is 0 Å². The normalized spacial score (nSPS) is 29.0. The molecular formula is C12H25NO2. The van der Waals surface area contributed by atoms with Crippen molar-refractivity contribution < 1.29 is 10.2 Å². The molecule has 1 fully saturated rings. The van der Waals surface area contributed by atoms with Gasteiger partial charge in [0.1, 0.15) is 0 Å². The fraction of sp³-hybridized carbons (Fsp3) is 1.00. The zero-order valence-corrected chi connectivity index (χ0v) is 9.78. The Kier molecular flexibility index (Phi) is 6.22. The Bertz CT molecular complexity index is 164. The fourth-order valence-corrected chi connectivity index (χ4v) is 2.30. The van der Waals surface area contributed by atoms with Gasteiger partial charge in [-0.2, -0.15) is 0 Å². The van der Waals surface area contributed by atoms with E-state index in [1.807, 2.05) is 0 Å². The van der Waals surface area contributed by atoms with Crippen LogP contribution in [0.2, 0.25) is 0 Å². The maximum Gasteiger partial charge on any atom is 0.0693 e. The third-order valence-electron chi connectivity index (χ3n) is 3.51. The summed E-state index contributed by atoms with van der Waals surface area (Å²) < 4.78 is 0. The minimum atomic E-state index is -0.162. The summed E-state index contributed by atoms with van der Waals surface area (Å²) in [6, 6.07) is 0.284. The molecule has 0 heterocycles. The van der Waals surface area contributed by atoms with E-state index in [0.717, 1.165) is 38.6 Å². The van der Waals surface area contributed by atoms with E-state index >= 15 is 0 Å². The fourth-order valence-electron chi connectivity index (χ4n) is 2.30. The highest BCUT2D eigenvalue weighted by atomic mass is 16.3. The first-order valence-electron chi connectivity index (χ1n) is 6.30. The van der Waals surface area contributed by atoms with Gasteiger partial charge >= 0.3 is 0 Å². The van der Waals surface area contributed by atoms with Crippen molar-refractivity contribution in [2.75, 3.05) is 13.2 Å². The Labute approximate surface area is 92.9 Å². The minimum Gasteiger partial charge on any atom is -0.396 e. The molecule has 0 aromatic heterocycles. The quantitative estimate of drug-likeness (QED) is 0.626. The Balaban J connectivity index is 2.21. The third kappa shape index (κ3) is 4.49. The number of aliphatic hydroxyl groups is 2. The summed E-state index contributed by atoms with van der Waals surface area (Å²) >= 11 is 0. The van der Waals surface area contributed by atoms with Crippen LogP contribution in [0.4, 0.5) is 0 Å². The highest BCUT2D eigenvalue weighted by molar-refractivity contribution is 4.81. The molecule has 0 aromatic rings. The van der Waals surface area contributed by atoms with Gasteiger partial charge in [0.2, 0.25) is 0 Å². The summed E-state index contributed by atoms with van der Waals surface area (Å²) in [6.45, 7) is 3.35. The molecule has 1 rings (SSSR count). The van der Waals surface area contributed by atoms with Crippen molar-refractivity contribution in [1.82, 2.24) is 5.32 Å². The summed E-state index contributed by atoms with van der Waals surface area (Å²) in [6.07, 6.45) is 6.22. The molecule has 1 saturated carbocycles. The molecule has 0 aliphatic heterocycles. The molecule has 3 heteroatoms. The van der Waals surface area contributed by atoms with Crippen LogP contribution in [0.15, 0.2) is 0 Å². The molecule has 1 aliphatic rings. The average molecular weight is 215 g/mol. The minimum absolute atomic E-state index is 0.162. The van der Waals surface area contributed by atoms with Gasteiger partial charge in [-0.05, 0) is 31.7 Å². The molecule has 3 N–H and O–H groups in total. The van der Waals surface area contributed by atoms with Crippen LogP contribution in [0.25, 0.3) is 0 Å². The first kappa shape index (κ1) is 12.9.